The Hall–Kier alpha value is -2.09. The predicted molar refractivity (Wildman–Crippen MR) is 63.9 cm³/mol. The fourth-order valence-electron chi connectivity index (χ4n) is 1.83. The summed E-state index contributed by atoms with van der Waals surface area (Å²) in [6.45, 7) is 2.89. The number of hydrogen-bond acceptors (Lipinski definition) is 7. The quantitative estimate of drug-likeness (QED) is 0.794. The Kier molecular flexibility index (Phi) is 2.63. The van der Waals surface area contributed by atoms with Gasteiger partial charge in [0.05, 0.1) is 19.4 Å². The van der Waals surface area contributed by atoms with Gasteiger partial charge in [-0.05, 0) is 5.16 Å². The molecule has 0 saturated carbocycles. The van der Waals surface area contributed by atoms with Crippen LogP contribution in [-0.2, 0) is 11.8 Å². The number of aryl methyl sites for hydroxylation is 1. The minimum atomic E-state index is 0.391. The third kappa shape index (κ3) is 1.80. The molecule has 8 nitrogen and oxygen atoms in total. The fourth-order valence-corrected chi connectivity index (χ4v) is 1.83. The number of hydrogen-bond donors (Lipinski definition) is 1. The van der Waals surface area contributed by atoms with E-state index < -0.39 is 0 Å². The molecule has 0 bridgehead atoms. The first kappa shape index (κ1) is 11.0. The zero-order chi connectivity index (χ0) is 12.5. The number of ether oxygens (including phenoxy) is 1. The Morgan fingerprint density at radius 3 is 2.78 bits per heavy atom. The molecule has 1 fully saturated rings. The summed E-state index contributed by atoms with van der Waals surface area (Å²) in [5, 5.41) is 8.00. The lowest BCUT2D eigenvalue weighted by Gasteiger charge is -2.24. The summed E-state index contributed by atoms with van der Waals surface area (Å²) in [5.41, 5.74) is 6.52. The second-order valence-electron chi connectivity index (χ2n) is 4.07. The highest BCUT2D eigenvalue weighted by Crippen LogP contribution is 2.25. The van der Waals surface area contributed by atoms with E-state index in [2.05, 4.69) is 15.2 Å². The van der Waals surface area contributed by atoms with E-state index in [1.54, 1.807) is 17.9 Å². The van der Waals surface area contributed by atoms with Gasteiger partial charge in [0.15, 0.2) is 0 Å². The van der Waals surface area contributed by atoms with Crippen LogP contribution in [0.4, 0.5) is 11.8 Å². The van der Waals surface area contributed by atoms with Crippen molar-refractivity contribution in [2.24, 2.45) is 7.05 Å². The standard InChI is InChI=1S/C10H14N6O2/c1-15-8(11)7(6-12-15)9-13-10(14-18-9)16-2-4-17-5-3-16/h6H,2-5,11H2,1H3. The second-order valence-corrected chi connectivity index (χ2v) is 4.07. The van der Waals surface area contributed by atoms with Crippen LogP contribution < -0.4 is 10.6 Å². The Morgan fingerprint density at radius 1 is 1.33 bits per heavy atom. The Morgan fingerprint density at radius 2 is 2.11 bits per heavy atom. The highest BCUT2D eigenvalue weighted by molar-refractivity contribution is 5.67. The third-order valence-corrected chi connectivity index (χ3v) is 2.92. The van der Waals surface area contributed by atoms with Crippen molar-refractivity contribution in [3.8, 4) is 11.5 Å². The van der Waals surface area contributed by atoms with Crippen LogP contribution in [0, 0.1) is 0 Å². The lowest BCUT2D eigenvalue weighted by atomic mass is 10.3. The first-order chi connectivity index (χ1) is 8.75. The second kappa shape index (κ2) is 4.30. The van der Waals surface area contributed by atoms with Crippen LogP contribution in [0.2, 0.25) is 0 Å². The fraction of sp³-hybridized carbons (Fsp3) is 0.500. The smallest absolute Gasteiger partial charge is 0.266 e. The molecule has 18 heavy (non-hydrogen) atoms. The average molecular weight is 250 g/mol. The monoisotopic (exact) mass is 250 g/mol. The lowest BCUT2D eigenvalue weighted by Crippen LogP contribution is -2.36. The molecule has 96 valence electrons. The lowest BCUT2D eigenvalue weighted by molar-refractivity contribution is 0.121. The first-order valence-corrected chi connectivity index (χ1v) is 5.70. The highest BCUT2D eigenvalue weighted by atomic mass is 16.5. The van der Waals surface area contributed by atoms with E-state index in [0.29, 0.717) is 36.4 Å². The molecule has 1 aliphatic heterocycles. The van der Waals surface area contributed by atoms with E-state index in [1.165, 1.54) is 0 Å². The van der Waals surface area contributed by atoms with Crippen LogP contribution in [-0.4, -0.2) is 46.2 Å². The van der Waals surface area contributed by atoms with Crippen molar-refractivity contribution >= 4 is 11.8 Å². The van der Waals surface area contributed by atoms with Crippen LogP contribution in [0.1, 0.15) is 0 Å². The Bertz CT molecular complexity index is 542. The van der Waals surface area contributed by atoms with Crippen LogP contribution in [0.15, 0.2) is 10.7 Å². The maximum absolute atomic E-state index is 5.86. The summed E-state index contributed by atoms with van der Waals surface area (Å²) in [6.07, 6.45) is 1.62. The number of anilines is 2. The van der Waals surface area contributed by atoms with Gasteiger partial charge in [-0.2, -0.15) is 10.1 Å². The van der Waals surface area contributed by atoms with Crippen molar-refractivity contribution in [2.75, 3.05) is 36.9 Å². The largest absolute Gasteiger partial charge is 0.383 e. The molecule has 0 aliphatic carbocycles. The normalized spacial score (nSPS) is 16.2. The molecular formula is C10H14N6O2. The van der Waals surface area contributed by atoms with Crippen LogP contribution in [0.25, 0.3) is 11.5 Å². The van der Waals surface area contributed by atoms with E-state index in [-0.39, 0.29) is 0 Å². The maximum atomic E-state index is 5.86. The van der Waals surface area contributed by atoms with Gasteiger partial charge in [0.25, 0.3) is 11.8 Å². The molecule has 8 heteroatoms. The predicted octanol–water partition coefficient (Wildman–Crippen LogP) is -0.111. The summed E-state index contributed by atoms with van der Waals surface area (Å²) in [5.74, 6) is 1.46. The molecule has 1 saturated heterocycles. The molecule has 0 spiro atoms. The van der Waals surface area contributed by atoms with E-state index >= 15 is 0 Å². The number of aromatic nitrogens is 4. The minimum Gasteiger partial charge on any atom is -0.383 e. The van der Waals surface area contributed by atoms with E-state index in [0.717, 1.165) is 13.1 Å². The van der Waals surface area contributed by atoms with Crippen molar-refractivity contribution in [3.05, 3.63) is 6.20 Å². The van der Waals surface area contributed by atoms with E-state index in [4.69, 9.17) is 15.0 Å². The molecule has 2 N–H and O–H groups in total. The van der Waals surface area contributed by atoms with Gasteiger partial charge in [0.1, 0.15) is 11.4 Å². The number of nitrogen functional groups attached to an aromatic ring is 1. The zero-order valence-corrected chi connectivity index (χ0v) is 10.0. The van der Waals surface area contributed by atoms with Crippen molar-refractivity contribution < 1.29 is 9.26 Å². The molecule has 0 aromatic carbocycles. The summed E-state index contributed by atoms with van der Waals surface area (Å²) in [7, 11) is 1.76. The molecule has 0 atom stereocenters. The Balaban J connectivity index is 1.87. The summed E-state index contributed by atoms with van der Waals surface area (Å²) < 4.78 is 12.1. The van der Waals surface area contributed by atoms with Gasteiger partial charge in [-0.3, -0.25) is 4.68 Å². The van der Waals surface area contributed by atoms with Crippen LogP contribution in [0.5, 0.6) is 0 Å². The molecule has 0 unspecified atom stereocenters. The third-order valence-electron chi connectivity index (χ3n) is 2.92. The van der Waals surface area contributed by atoms with Crippen molar-refractivity contribution in [1.82, 2.24) is 19.9 Å². The van der Waals surface area contributed by atoms with Gasteiger partial charge in [0, 0.05) is 20.1 Å². The van der Waals surface area contributed by atoms with Gasteiger partial charge in [-0.25, -0.2) is 0 Å². The number of nitrogens with two attached hydrogens (primary N) is 1. The first-order valence-electron chi connectivity index (χ1n) is 5.70. The summed E-state index contributed by atoms with van der Waals surface area (Å²) in [6, 6.07) is 0. The molecule has 3 rings (SSSR count). The zero-order valence-electron chi connectivity index (χ0n) is 10.0. The van der Waals surface area contributed by atoms with Gasteiger partial charge in [-0.15, -0.1) is 0 Å². The van der Waals surface area contributed by atoms with E-state index in [9.17, 15) is 0 Å². The van der Waals surface area contributed by atoms with Gasteiger partial charge >= 0.3 is 0 Å². The molecule has 2 aromatic rings. The highest BCUT2D eigenvalue weighted by Gasteiger charge is 2.20. The topological polar surface area (TPSA) is 95.2 Å². The molecule has 0 amide bonds. The molecular weight excluding hydrogens is 236 g/mol. The summed E-state index contributed by atoms with van der Waals surface area (Å²) in [4.78, 5) is 6.35. The number of rotatable bonds is 2. The minimum absolute atomic E-state index is 0.391. The van der Waals surface area contributed by atoms with Crippen molar-refractivity contribution in [2.45, 2.75) is 0 Å². The van der Waals surface area contributed by atoms with Crippen molar-refractivity contribution in [3.63, 3.8) is 0 Å². The average Bonchev–Trinajstić information content (AvgIpc) is 3.00. The summed E-state index contributed by atoms with van der Waals surface area (Å²) >= 11 is 0. The molecule has 0 radical (unpaired) electrons. The molecule has 1 aliphatic rings. The molecule has 3 heterocycles. The molecule has 2 aromatic heterocycles. The van der Waals surface area contributed by atoms with Gasteiger partial charge < -0.3 is 19.9 Å². The van der Waals surface area contributed by atoms with Crippen LogP contribution >= 0.6 is 0 Å². The van der Waals surface area contributed by atoms with Crippen LogP contribution in [0.3, 0.4) is 0 Å². The van der Waals surface area contributed by atoms with Gasteiger partial charge in [0.2, 0.25) is 0 Å². The number of morpholine rings is 1. The number of nitrogens with zero attached hydrogens (tertiary/aromatic N) is 5. The van der Waals surface area contributed by atoms with Crippen molar-refractivity contribution in [1.29, 1.82) is 0 Å². The Labute approximate surface area is 103 Å². The van der Waals surface area contributed by atoms with E-state index in [1.807, 2.05) is 4.90 Å². The maximum Gasteiger partial charge on any atom is 0.266 e. The SMILES string of the molecule is Cn1ncc(-c2nc(N3CCOCC3)no2)c1N. The van der Waals surface area contributed by atoms with Gasteiger partial charge in [-0.1, -0.05) is 0 Å².